The minimum Gasteiger partial charge on any atom is -0.267 e. The Hall–Kier alpha value is -2.68. The predicted octanol–water partition coefficient (Wildman–Crippen LogP) is 3.11. The van der Waals surface area contributed by atoms with E-state index in [1.54, 1.807) is 13.2 Å². The van der Waals surface area contributed by atoms with Crippen LogP contribution in [0.25, 0.3) is 22.3 Å². The lowest BCUT2D eigenvalue weighted by Gasteiger charge is -2.10. The second kappa shape index (κ2) is 5.13. The standard InChI is InChI=1S/C17H14N2O/c1-19-17(20)16(14-10-6-3-7-11-14)15(12-18-19)13-8-4-2-5-9-13/h2-12H,1H3. The lowest BCUT2D eigenvalue weighted by molar-refractivity contribution is 0.711. The zero-order valence-corrected chi connectivity index (χ0v) is 11.2. The maximum absolute atomic E-state index is 12.5. The Labute approximate surface area is 117 Å². The molecule has 0 saturated carbocycles. The fraction of sp³-hybridized carbons (Fsp3) is 0.0588. The second-order valence-corrected chi connectivity index (χ2v) is 4.59. The van der Waals surface area contributed by atoms with E-state index in [2.05, 4.69) is 5.10 Å². The van der Waals surface area contributed by atoms with E-state index in [1.165, 1.54) is 4.68 Å². The molecule has 0 aliphatic rings. The third-order valence-electron chi connectivity index (χ3n) is 3.28. The molecule has 0 amide bonds. The molecule has 0 unspecified atom stereocenters. The summed E-state index contributed by atoms with van der Waals surface area (Å²) >= 11 is 0. The third kappa shape index (κ3) is 2.14. The number of aryl methyl sites for hydroxylation is 1. The zero-order chi connectivity index (χ0) is 13.9. The fourth-order valence-corrected chi connectivity index (χ4v) is 2.26. The number of rotatable bonds is 2. The number of aromatic nitrogens is 2. The SMILES string of the molecule is Cn1ncc(-c2ccccc2)c(-c2ccccc2)c1=O. The quantitative estimate of drug-likeness (QED) is 0.711. The van der Waals surface area contributed by atoms with E-state index in [0.29, 0.717) is 5.56 Å². The Balaban J connectivity index is 2.32. The monoisotopic (exact) mass is 262 g/mol. The molecular formula is C17H14N2O. The van der Waals surface area contributed by atoms with Crippen molar-refractivity contribution in [2.75, 3.05) is 0 Å². The fourth-order valence-electron chi connectivity index (χ4n) is 2.26. The number of nitrogens with zero attached hydrogens (tertiary/aromatic N) is 2. The normalized spacial score (nSPS) is 10.4. The molecule has 3 rings (SSSR count). The van der Waals surface area contributed by atoms with Crippen LogP contribution in [0, 0.1) is 0 Å². The van der Waals surface area contributed by atoms with Gasteiger partial charge in [0.2, 0.25) is 0 Å². The molecule has 98 valence electrons. The summed E-state index contributed by atoms with van der Waals surface area (Å²) in [7, 11) is 1.67. The van der Waals surface area contributed by atoms with E-state index < -0.39 is 0 Å². The molecule has 0 spiro atoms. The van der Waals surface area contributed by atoms with Gasteiger partial charge in [0.05, 0.1) is 11.8 Å². The lowest BCUT2D eigenvalue weighted by atomic mass is 9.97. The summed E-state index contributed by atoms with van der Waals surface area (Å²) in [5.41, 5.74) is 3.37. The molecule has 3 aromatic rings. The highest BCUT2D eigenvalue weighted by Crippen LogP contribution is 2.28. The highest BCUT2D eigenvalue weighted by atomic mass is 16.1. The molecule has 2 aromatic carbocycles. The molecule has 0 aliphatic heterocycles. The molecule has 20 heavy (non-hydrogen) atoms. The van der Waals surface area contributed by atoms with Gasteiger partial charge in [0.25, 0.3) is 5.56 Å². The van der Waals surface area contributed by atoms with Crippen molar-refractivity contribution in [2.45, 2.75) is 0 Å². The molecular weight excluding hydrogens is 248 g/mol. The van der Waals surface area contributed by atoms with Crippen LogP contribution in [0.2, 0.25) is 0 Å². The molecule has 1 aromatic heterocycles. The Morgan fingerprint density at radius 1 is 0.850 bits per heavy atom. The highest BCUT2D eigenvalue weighted by Gasteiger charge is 2.13. The van der Waals surface area contributed by atoms with Crippen molar-refractivity contribution in [2.24, 2.45) is 7.05 Å². The molecule has 0 fully saturated rings. The van der Waals surface area contributed by atoms with Gasteiger partial charge in [0.1, 0.15) is 0 Å². The number of hydrogen-bond donors (Lipinski definition) is 0. The van der Waals surface area contributed by atoms with Gasteiger partial charge in [0, 0.05) is 12.6 Å². The third-order valence-corrected chi connectivity index (χ3v) is 3.28. The first-order valence-electron chi connectivity index (χ1n) is 6.44. The van der Waals surface area contributed by atoms with E-state index in [1.807, 2.05) is 60.7 Å². The number of benzene rings is 2. The summed E-state index contributed by atoms with van der Waals surface area (Å²) in [5, 5.41) is 4.15. The van der Waals surface area contributed by atoms with Gasteiger partial charge in [-0.2, -0.15) is 5.10 Å². The van der Waals surface area contributed by atoms with Crippen LogP contribution in [0.3, 0.4) is 0 Å². The summed E-state index contributed by atoms with van der Waals surface area (Å²) in [4.78, 5) is 12.5. The molecule has 0 aliphatic carbocycles. The van der Waals surface area contributed by atoms with E-state index in [9.17, 15) is 4.79 Å². The van der Waals surface area contributed by atoms with Crippen molar-refractivity contribution in [1.29, 1.82) is 0 Å². The van der Waals surface area contributed by atoms with Crippen molar-refractivity contribution in [3.63, 3.8) is 0 Å². The minimum absolute atomic E-state index is 0.0856. The topological polar surface area (TPSA) is 34.9 Å². The zero-order valence-electron chi connectivity index (χ0n) is 11.2. The van der Waals surface area contributed by atoms with Crippen LogP contribution in [0.15, 0.2) is 71.7 Å². The summed E-state index contributed by atoms with van der Waals surface area (Å²) in [6.07, 6.45) is 1.75. The van der Waals surface area contributed by atoms with E-state index in [0.717, 1.165) is 16.7 Å². The molecule has 1 heterocycles. The van der Waals surface area contributed by atoms with Crippen LogP contribution in [0.1, 0.15) is 0 Å². The molecule has 0 bridgehead atoms. The van der Waals surface area contributed by atoms with E-state index in [4.69, 9.17) is 0 Å². The van der Waals surface area contributed by atoms with Crippen LogP contribution in [0.4, 0.5) is 0 Å². The molecule has 0 atom stereocenters. The smallest absolute Gasteiger partial charge is 0.267 e. The lowest BCUT2D eigenvalue weighted by Crippen LogP contribution is -2.21. The van der Waals surface area contributed by atoms with Crippen molar-refractivity contribution in [1.82, 2.24) is 9.78 Å². The highest BCUT2D eigenvalue weighted by molar-refractivity contribution is 5.82. The average molecular weight is 262 g/mol. The second-order valence-electron chi connectivity index (χ2n) is 4.59. The first-order chi connectivity index (χ1) is 9.77. The van der Waals surface area contributed by atoms with Crippen molar-refractivity contribution < 1.29 is 0 Å². The van der Waals surface area contributed by atoms with Gasteiger partial charge in [0.15, 0.2) is 0 Å². The first kappa shape index (κ1) is 12.4. The van der Waals surface area contributed by atoms with Gasteiger partial charge < -0.3 is 0 Å². The van der Waals surface area contributed by atoms with Crippen molar-refractivity contribution >= 4 is 0 Å². The van der Waals surface area contributed by atoms with Crippen LogP contribution in [-0.2, 0) is 7.05 Å². The van der Waals surface area contributed by atoms with Crippen molar-refractivity contribution in [3.8, 4) is 22.3 Å². The van der Waals surface area contributed by atoms with Crippen molar-refractivity contribution in [3.05, 3.63) is 77.2 Å². The summed E-state index contributed by atoms with van der Waals surface area (Å²) < 4.78 is 1.37. The Kier molecular flexibility index (Phi) is 3.17. The molecule has 0 saturated heterocycles. The van der Waals surface area contributed by atoms with Gasteiger partial charge >= 0.3 is 0 Å². The van der Waals surface area contributed by atoms with Crippen LogP contribution in [0.5, 0.6) is 0 Å². The van der Waals surface area contributed by atoms with Gasteiger partial charge in [-0.05, 0) is 11.1 Å². The van der Waals surface area contributed by atoms with Crippen LogP contribution >= 0.6 is 0 Å². The molecule has 3 nitrogen and oxygen atoms in total. The van der Waals surface area contributed by atoms with E-state index >= 15 is 0 Å². The van der Waals surface area contributed by atoms with Gasteiger partial charge in [-0.25, -0.2) is 4.68 Å². The minimum atomic E-state index is -0.0856. The first-order valence-corrected chi connectivity index (χ1v) is 6.44. The largest absolute Gasteiger partial charge is 0.274 e. The van der Waals surface area contributed by atoms with Gasteiger partial charge in [-0.3, -0.25) is 4.79 Å². The van der Waals surface area contributed by atoms with Crippen LogP contribution in [-0.4, -0.2) is 9.78 Å². The number of hydrogen-bond acceptors (Lipinski definition) is 2. The van der Waals surface area contributed by atoms with Gasteiger partial charge in [-0.1, -0.05) is 60.7 Å². The molecule has 3 heteroatoms. The summed E-state index contributed by atoms with van der Waals surface area (Å²) in [6.45, 7) is 0. The summed E-state index contributed by atoms with van der Waals surface area (Å²) in [5.74, 6) is 0. The maximum Gasteiger partial charge on any atom is 0.274 e. The maximum atomic E-state index is 12.5. The van der Waals surface area contributed by atoms with E-state index in [-0.39, 0.29) is 5.56 Å². The Morgan fingerprint density at radius 3 is 2.00 bits per heavy atom. The molecule has 0 radical (unpaired) electrons. The Bertz CT molecular complexity index is 777. The Morgan fingerprint density at radius 2 is 1.40 bits per heavy atom. The van der Waals surface area contributed by atoms with Crippen LogP contribution < -0.4 is 5.56 Å². The van der Waals surface area contributed by atoms with Gasteiger partial charge in [-0.15, -0.1) is 0 Å². The predicted molar refractivity (Wildman–Crippen MR) is 80.4 cm³/mol. The average Bonchev–Trinajstić information content (AvgIpc) is 2.51. The molecule has 0 N–H and O–H groups in total. The summed E-state index contributed by atoms with van der Waals surface area (Å²) in [6, 6.07) is 19.6.